The summed E-state index contributed by atoms with van der Waals surface area (Å²) in [4.78, 5) is 18.9. The Bertz CT molecular complexity index is 1110. The Labute approximate surface area is 196 Å². The third kappa shape index (κ3) is 5.44. The van der Waals surface area contributed by atoms with Crippen molar-refractivity contribution in [2.45, 2.75) is 71.4 Å². The van der Waals surface area contributed by atoms with E-state index >= 15 is 0 Å². The smallest absolute Gasteiger partial charge is 0.263 e. The largest absolute Gasteiger partial charge is 0.481 e. The number of rotatable bonds is 6. The number of fused-ring (bicyclic) bond motifs is 1. The molecule has 0 aliphatic heterocycles. The molecule has 3 aromatic rings. The van der Waals surface area contributed by atoms with Crippen molar-refractivity contribution in [1.82, 2.24) is 15.0 Å². The van der Waals surface area contributed by atoms with Crippen LogP contribution in [0, 0.1) is 0 Å². The van der Waals surface area contributed by atoms with Crippen LogP contribution < -0.4 is 4.74 Å². The predicted molar refractivity (Wildman–Crippen MR) is 128 cm³/mol. The lowest BCUT2D eigenvalue weighted by Gasteiger charge is -2.22. The Kier molecular flexibility index (Phi) is 6.54. The number of aryl methyl sites for hydroxylation is 2. The van der Waals surface area contributed by atoms with Crippen LogP contribution in [-0.4, -0.2) is 34.1 Å². The van der Waals surface area contributed by atoms with Crippen molar-refractivity contribution in [2.75, 3.05) is 7.05 Å². The van der Waals surface area contributed by atoms with Gasteiger partial charge in [-0.3, -0.25) is 4.79 Å². The quantitative estimate of drug-likeness (QED) is 0.510. The Morgan fingerprint density at radius 2 is 1.79 bits per heavy atom. The van der Waals surface area contributed by atoms with Crippen LogP contribution >= 0.6 is 0 Å². The summed E-state index contributed by atoms with van der Waals surface area (Å²) in [6.07, 6.45) is 4.05. The number of ether oxygens (including phenoxy) is 1. The van der Waals surface area contributed by atoms with E-state index in [4.69, 9.17) is 9.26 Å². The van der Waals surface area contributed by atoms with Crippen molar-refractivity contribution in [2.24, 2.45) is 0 Å². The van der Waals surface area contributed by atoms with Gasteiger partial charge in [0.15, 0.2) is 6.10 Å². The molecular formula is C27H33N3O3. The van der Waals surface area contributed by atoms with E-state index in [1.807, 2.05) is 18.2 Å². The van der Waals surface area contributed by atoms with Crippen molar-refractivity contribution in [3.63, 3.8) is 0 Å². The maximum Gasteiger partial charge on any atom is 0.263 e. The summed E-state index contributed by atoms with van der Waals surface area (Å²) in [5.41, 5.74) is 4.94. The van der Waals surface area contributed by atoms with Gasteiger partial charge in [-0.15, -0.1) is 0 Å². The second-order valence-electron chi connectivity index (χ2n) is 9.93. The van der Waals surface area contributed by atoms with E-state index in [-0.39, 0.29) is 17.9 Å². The van der Waals surface area contributed by atoms with Crippen LogP contribution in [0.3, 0.4) is 0 Å². The van der Waals surface area contributed by atoms with Gasteiger partial charge in [0.2, 0.25) is 11.7 Å². The van der Waals surface area contributed by atoms with Crippen LogP contribution in [0.5, 0.6) is 5.75 Å². The maximum absolute atomic E-state index is 12.9. The van der Waals surface area contributed by atoms with Crippen molar-refractivity contribution in [1.29, 1.82) is 0 Å². The third-order valence-corrected chi connectivity index (χ3v) is 6.21. The highest BCUT2D eigenvalue weighted by atomic mass is 16.5. The number of hydrogen-bond acceptors (Lipinski definition) is 5. The molecule has 1 amide bonds. The summed E-state index contributed by atoms with van der Waals surface area (Å²) >= 11 is 0. The van der Waals surface area contributed by atoms with Crippen LogP contribution in [0.1, 0.15) is 63.1 Å². The van der Waals surface area contributed by atoms with Crippen molar-refractivity contribution in [3.05, 3.63) is 65.0 Å². The average Bonchev–Trinajstić information content (AvgIpc) is 3.26. The van der Waals surface area contributed by atoms with Crippen LogP contribution in [0.25, 0.3) is 11.4 Å². The molecule has 6 heteroatoms. The zero-order chi connectivity index (χ0) is 23.6. The van der Waals surface area contributed by atoms with Crippen LogP contribution in [-0.2, 0) is 29.6 Å². The van der Waals surface area contributed by atoms with E-state index in [0.29, 0.717) is 11.7 Å². The lowest BCUT2D eigenvalue weighted by Crippen LogP contribution is -2.37. The standard InChI is InChI=1S/C27H33N3O3/c1-18(32-23-15-12-19-8-6-7-9-21(19)16-23)26(31)30(5)17-24-28-25(29-33-24)20-10-13-22(14-11-20)27(2,3)4/h10-16,18H,6-9,17H2,1-5H3. The zero-order valence-electron chi connectivity index (χ0n) is 20.2. The Morgan fingerprint density at radius 3 is 2.48 bits per heavy atom. The van der Waals surface area contributed by atoms with Gasteiger partial charge in [-0.1, -0.05) is 56.3 Å². The lowest BCUT2D eigenvalue weighted by atomic mass is 9.87. The van der Waals surface area contributed by atoms with Gasteiger partial charge >= 0.3 is 0 Å². The summed E-state index contributed by atoms with van der Waals surface area (Å²) in [7, 11) is 1.72. The number of carbonyl (C=O) groups is 1. The molecule has 6 nitrogen and oxygen atoms in total. The van der Waals surface area contributed by atoms with Crippen molar-refractivity contribution >= 4 is 5.91 Å². The molecule has 0 N–H and O–H groups in total. The summed E-state index contributed by atoms with van der Waals surface area (Å²) in [6, 6.07) is 14.3. The van der Waals surface area contributed by atoms with E-state index in [1.165, 1.54) is 29.5 Å². The number of likely N-dealkylation sites (N-methyl/N-ethyl adjacent to an activating group) is 1. The fraction of sp³-hybridized carbons (Fsp3) is 0.444. The van der Waals surface area contributed by atoms with Gasteiger partial charge in [0.1, 0.15) is 5.75 Å². The van der Waals surface area contributed by atoms with Crippen LogP contribution in [0.4, 0.5) is 0 Å². The Hall–Kier alpha value is -3.15. The lowest BCUT2D eigenvalue weighted by molar-refractivity contribution is -0.137. The molecule has 0 radical (unpaired) electrons. The summed E-state index contributed by atoms with van der Waals surface area (Å²) in [5, 5.41) is 4.09. The molecule has 1 atom stereocenters. The monoisotopic (exact) mass is 447 g/mol. The number of nitrogens with zero attached hydrogens (tertiary/aromatic N) is 3. The maximum atomic E-state index is 12.9. The molecular weight excluding hydrogens is 414 g/mol. The van der Waals surface area contributed by atoms with Gasteiger partial charge in [0.05, 0.1) is 6.54 Å². The topological polar surface area (TPSA) is 68.5 Å². The first-order valence-electron chi connectivity index (χ1n) is 11.7. The predicted octanol–water partition coefficient (Wildman–Crippen LogP) is 5.34. The SMILES string of the molecule is CC(Oc1ccc2c(c1)CCCC2)C(=O)N(C)Cc1nc(-c2ccc(C(C)(C)C)cc2)no1. The van der Waals surface area contributed by atoms with E-state index in [0.717, 1.165) is 24.2 Å². The molecule has 0 saturated carbocycles. The summed E-state index contributed by atoms with van der Waals surface area (Å²) < 4.78 is 11.4. The van der Waals surface area contributed by atoms with Gasteiger partial charge in [-0.05, 0) is 66.8 Å². The van der Waals surface area contributed by atoms with E-state index in [9.17, 15) is 4.79 Å². The molecule has 1 aliphatic rings. The van der Waals surface area contributed by atoms with Gasteiger partial charge < -0.3 is 14.2 Å². The molecule has 2 aromatic carbocycles. The zero-order valence-corrected chi connectivity index (χ0v) is 20.2. The molecule has 0 fully saturated rings. The van der Waals surface area contributed by atoms with E-state index < -0.39 is 6.10 Å². The normalized spacial score (nSPS) is 14.5. The minimum atomic E-state index is -0.607. The van der Waals surface area contributed by atoms with Gasteiger partial charge in [0, 0.05) is 12.6 Å². The molecule has 1 heterocycles. The van der Waals surface area contributed by atoms with Gasteiger partial charge in [-0.2, -0.15) is 4.98 Å². The fourth-order valence-corrected chi connectivity index (χ4v) is 4.18. The molecule has 0 saturated heterocycles. The molecule has 0 bridgehead atoms. The minimum Gasteiger partial charge on any atom is -0.481 e. The molecule has 174 valence electrons. The Balaban J connectivity index is 1.36. The molecule has 1 aromatic heterocycles. The molecule has 1 aliphatic carbocycles. The number of carbonyl (C=O) groups excluding carboxylic acids is 1. The number of benzene rings is 2. The van der Waals surface area contributed by atoms with Crippen molar-refractivity contribution < 1.29 is 14.1 Å². The van der Waals surface area contributed by atoms with Crippen LogP contribution in [0.15, 0.2) is 47.0 Å². The highest BCUT2D eigenvalue weighted by Crippen LogP contribution is 2.27. The van der Waals surface area contributed by atoms with E-state index in [2.05, 4.69) is 55.2 Å². The Morgan fingerprint density at radius 1 is 1.09 bits per heavy atom. The van der Waals surface area contributed by atoms with Gasteiger partial charge in [0.25, 0.3) is 5.91 Å². The second kappa shape index (κ2) is 9.38. The number of hydrogen-bond donors (Lipinski definition) is 0. The average molecular weight is 448 g/mol. The first kappa shape index (κ1) is 23.0. The number of aromatic nitrogens is 2. The van der Waals surface area contributed by atoms with Crippen LogP contribution in [0.2, 0.25) is 0 Å². The van der Waals surface area contributed by atoms with E-state index in [1.54, 1.807) is 18.9 Å². The minimum absolute atomic E-state index is 0.0852. The highest BCUT2D eigenvalue weighted by Gasteiger charge is 2.22. The fourth-order valence-electron chi connectivity index (χ4n) is 4.18. The molecule has 4 rings (SSSR count). The summed E-state index contributed by atoms with van der Waals surface area (Å²) in [5.74, 6) is 1.51. The first-order valence-corrected chi connectivity index (χ1v) is 11.7. The van der Waals surface area contributed by atoms with Gasteiger partial charge in [-0.25, -0.2) is 0 Å². The molecule has 1 unspecified atom stereocenters. The van der Waals surface area contributed by atoms with Crippen molar-refractivity contribution in [3.8, 4) is 17.1 Å². The highest BCUT2D eigenvalue weighted by molar-refractivity contribution is 5.80. The third-order valence-electron chi connectivity index (χ3n) is 6.21. The summed E-state index contributed by atoms with van der Waals surface area (Å²) in [6.45, 7) is 8.53. The molecule has 33 heavy (non-hydrogen) atoms. The molecule has 0 spiro atoms. The first-order chi connectivity index (χ1) is 15.7. The number of amides is 1. The second-order valence-corrected chi connectivity index (χ2v) is 9.93.